The molecule has 18 heavy (non-hydrogen) atoms. The summed E-state index contributed by atoms with van der Waals surface area (Å²) in [6.07, 6.45) is 0.993. The summed E-state index contributed by atoms with van der Waals surface area (Å²) in [6, 6.07) is 0. The molecule has 0 aromatic carbocycles. The summed E-state index contributed by atoms with van der Waals surface area (Å²) >= 11 is 0. The Morgan fingerprint density at radius 1 is 0.778 bits per heavy atom. The molecule has 0 aromatic rings. The minimum absolute atomic E-state index is 0.0691. The lowest BCUT2D eigenvalue weighted by atomic mass is 9.86. The molecule has 0 aliphatic rings. The Morgan fingerprint density at radius 2 is 1.22 bits per heavy atom. The lowest BCUT2D eigenvalue weighted by Gasteiger charge is -2.41. The van der Waals surface area contributed by atoms with Crippen molar-refractivity contribution in [1.82, 2.24) is 5.32 Å². The molecule has 0 bridgehead atoms. The van der Waals surface area contributed by atoms with Crippen molar-refractivity contribution in [3.05, 3.63) is 0 Å². The Hall–Kier alpha value is -0.0800. The maximum atomic E-state index is 6.10. The first-order valence-corrected chi connectivity index (χ1v) is 7.05. The predicted molar refractivity (Wildman–Crippen MR) is 81.1 cm³/mol. The first-order valence-electron chi connectivity index (χ1n) is 7.05. The number of hydrogen-bond acceptors (Lipinski definition) is 2. The molecule has 2 heteroatoms. The van der Waals surface area contributed by atoms with Crippen molar-refractivity contribution in [2.24, 2.45) is 5.41 Å². The monoisotopic (exact) mass is 257 g/mol. The molecule has 110 valence electrons. The lowest BCUT2D eigenvalue weighted by molar-refractivity contribution is -0.0684. The van der Waals surface area contributed by atoms with Gasteiger partial charge in [0.15, 0.2) is 0 Å². The highest BCUT2D eigenvalue weighted by Gasteiger charge is 2.32. The predicted octanol–water partition coefficient (Wildman–Crippen LogP) is 4.38. The van der Waals surface area contributed by atoms with Crippen LogP contribution in [0.1, 0.15) is 75.7 Å². The minimum Gasteiger partial charge on any atom is -0.375 e. The Bertz CT molecular complexity index is 253. The van der Waals surface area contributed by atoms with Crippen LogP contribution >= 0.6 is 0 Å². The Balaban J connectivity index is 4.47. The van der Waals surface area contributed by atoms with Gasteiger partial charge >= 0.3 is 0 Å². The highest BCUT2D eigenvalue weighted by molar-refractivity contribution is 4.91. The van der Waals surface area contributed by atoms with Crippen LogP contribution in [0, 0.1) is 5.41 Å². The SMILES string of the molecule is CC(C)(C)COC(C)(C)CC(C)(C)NC(C)(C)C. The molecule has 0 unspecified atom stereocenters. The van der Waals surface area contributed by atoms with E-state index in [4.69, 9.17) is 4.74 Å². The van der Waals surface area contributed by atoms with Crippen molar-refractivity contribution in [2.75, 3.05) is 6.61 Å². The fourth-order valence-electron chi connectivity index (χ4n) is 2.59. The van der Waals surface area contributed by atoms with E-state index in [1.165, 1.54) is 0 Å². The molecule has 0 saturated carbocycles. The Kier molecular flexibility index (Phi) is 5.48. The largest absolute Gasteiger partial charge is 0.375 e. The molecule has 0 radical (unpaired) electrons. The number of rotatable bonds is 5. The summed E-state index contributed by atoms with van der Waals surface area (Å²) < 4.78 is 6.10. The highest BCUT2D eigenvalue weighted by Crippen LogP contribution is 2.27. The summed E-state index contributed by atoms with van der Waals surface area (Å²) in [7, 11) is 0. The Labute approximate surface area is 115 Å². The number of hydrogen-bond donors (Lipinski definition) is 1. The second-order valence-electron chi connectivity index (χ2n) is 9.04. The van der Waals surface area contributed by atoms with Gasteiger partial charge in [0.2, 0.25) is 0 Å². The van der Waals surface area contributed by atoms with E-state index in [1.807, 2.05) is 0 Å². The second-order valence-corrected chi connectivity index (χ2v) is 9.04. The summed E-state index contributed by atoms with van der Waals surface area (Å²) in [5, 5.41) is 3.67. The van der Waals surface area contributed by atoms with Crippen LogP contribution < -0.4 is 5.32 Å². The van der Waals surface area contributed by atoms with Crippen molar-refractivity contribution in [3.8, 4) is 0 Å². The van der Waals surface area contributed by atoms with E-state index in [0.717, 1.165) is 13.0 Å². The van der Waals surface area contributed by atoms with Gasteiger partial charge in [-0.3, -0.25) is 0 Å². The molecule has 0 aliphatic heterocycles. The van der Waals surface area contributed by atoms with Crippen LogP contribution in [0.2, 0.25) is 0 Å². The zero-order chi connectivity index (χ0) is 14.8. The van der Waals surface area contributed by atoms with Gasteiger partial charge in [0.1, 0.15) is 0 Å². The lowest BCUT2D eigenvalue weighted by Crippen LogP contribution is -2.53. The standard InChI is InChI=1S/C16H35NO/c1-13(2,3)12-18-16(9,10)11-15(7,8)17-14(4,5)6/h17H,11-12H2,1-10H3. The van der Waals surface area contributed by atoms with Crippen molar-refractivity contribution in [3.63, 3.8) is 0 Å². The molecule has 0 saturated heterocycles. The second kappa shape index (κ2) is 5.50. The molecule has 0 spiro atoms. The number of nitrogens with one attached hydrogen (secondary N) is 1. The molecule has 0 heterocycles. The first-order chi connectivity index (χ1) is 7.62. The summed E-state index contributed by atoms with van der Waals surface area (Å²) in [5.41, 5.74) is 0.317. The van der Waals surface area contributed by atoms with Crippen molar-refractivity contribution in [2.45, 2.75) is 92.3 Å². The average molecular weight is 257 g/mol. The fourth-order valence-corrected chi connectivity index (χ4v) is 2.59. The normalized spacial score (nSPS) is 15.0. The van der Waals surface area contributed by atoms with E-state index in [-0.39, 0.29) is 22.1 Å². The fraction of sp³-hybridized carbons (Fsp3) is 1.00. The van der Waals surface area contributed by atoms with Gasteiger partial charge in [0.05, 0.1) is 12.2 Å². The molecular weight excluding hydrogens is 222 g/mol. The third-order valence-electron chi connectivity index (χ3n) is 2.48. The van der Waals surface area contributed by atoms with Crippen molar-refractivity contribution >= 4 is 0 Å². The maximum absolute atomic E-state index is 6.10. The molecule has 0 fully saturated rings. The van der Waals surface area contributed by atoms with E-state index in [0.29, 0.717) is 0 Å². The zero-order valence-electron chi connectivity index (χ0n) is 14.3. The summed E-state index contributed by atoms with van der Waals surface area (Å²) in [6.45, 7) is 22.9. The molecule has 0 amide bonds. The first kappa shape index (κ1) is 17.9. The molecule has 1 N–H and O–H groups in total. The van der Waals surface area contributed by atoms with Gasteiger partial charge in [-0.15, -0.1) is 0 Å². The van der Waals surface area contributed by atoms with Crippen molar-refractivity contribution < 1.29 is 4.74 Å². The van der Waals surface area contributed by atoms with Crippen LogP contribution in [0.3, 0.4) is 0 Å². The molecule has 0 rings (SSSR count). The molecule has 0 atom stereocenters. The van der Waals surface area contributed by atoms with E-state index in [2.05, 4.69) is 74.6 Å². The third-order valence-corrected chi connectivity index (χ3v) is 2.48. The van der Waals surface area contributed by atoms with Gasteiger partial charge in [-0.25, -0.2) is 0 Å². The zero-order valence-corrected chi connectivity index (χ0v) is 14.3. The van der Waals surface area contributed by atoms with Crippen LogP contribution in [-0.4, -0.2) is 23.3 Å². The van der Waals surface area contributed by atoms with E-state index >= 15 is 0 Å². The quantitative estimate of drug-likeness (QED) is 0.789. The van der Waals surface area contributed by atoms with Gasteiger partial charge in [-0.1, -0.05) is 20.8 Å². The topological polar surface area (TPSA) is 21.3 Å². The summed E-state index contributed by atoms with van der Waals surface area (Å²) in [4.78, 5) is 0. The molecule has 0 aliphatic carbocycles. The van der Waals surface area contributed by atoms with Gasteiger partial charge < -0.3 is 10.1 Å². The highest BCUT2D eigenvalue weighted by atomic mass is 16.5. The number of ether oxygens (including phenoxy) is 1. The van der Waals surface area contributed by atoms with E-state index in [9.17, 15) is 0 Å². The summed E-state index contributed by atoms with van der Waals surface area (Å²) in [5.74, 6) is 0. The molecular formula is C16H35NO. The Morgan fingerprint density at radius 3 is 1.56 bits per heavy atom. The van der Waals surface area contributed by atoms with Crippen LogP contribution in [-0.2, 0) is 4.74 Å². The average Bonchev–Trinajstić information content (AvgIpc) is 1.91. The van der Waals surface area contributed by atoms with E-state index < -0.39 is 0 Å². The van der Waals surface area contributed by atoms with Crippen LogP contribution in [0.5, 0.6) is 0 Å². The molecule has 2 nitrogen and oxygen atoms in total. The molecule has 0 aromatic heterocycles. The van der Waals surface area contributed by atoms with E-state index in [1.54, 1.807) is 0 Å². The third kappa shape index (κ3) is 9.90. The van der Waals surface area contributed by atoms with Gasteiger partial charge in [0.25, 0.3) is 0 Å². The van der Waals surface area contributed by atoms with Crippen LogP contribution in [0.15, 0.2) is 0 Å². The maximum Gasteiger partial charge on any atom is 0.0644 e. The minimum atomic E-state index is -0.102. The smallest absolute Gasteiger partial charge is 0.0644 e. The van der Waals surface area contributed by atoms with Gasteiger partial charge in [-0.2, -0.15) is 0 Å². The van der Waals surface area contributed by atoms with Crippen molar-refractivity contribution in [1.29, 1.82) is 0 Å². The van der Waals surface area contributed by atoms with Crippen LogP contribution in [0.25, 0.3) is 0 Å². The van der Waals surface area contributed by atoms with Crippen LogP contribution in [0.4, 0.5) is 0 Å². The van der Waals surface area contributed by atoms with Gasteiger partial charge in [-0.05, 0) is 60.3 Å². The van der Waals surface area contributed by atoms with Gasteiger partial charge in [0, 0.05) is 11.1 Å².